The van der Waals surface area contributed by atoms with E-state index < -0.39 is 5.41 Å². The molecule has 0 aliphatic carbocycles. The van der Waals surface area contributed by atoms with Crippen molar-refractivity contribution in [1.82, 2.24) is 9.88 Å². The Kier molecular flexibility index (Phi) is 6.73. The van der Waals surface area contributed by atoms with Gasteiger partial charge in [0.2, 0.25) is 11.8 Å². The molecule has 2 amide bonds. The van der Waals surface area contributed by atoms with Crippen molar-refractivity contribution in [3.8, 4) is 16.9 Å². The number of benzene rings is 2. The van der Waals surface area contributed by atoms with Gasteiger partial charge in [0, 0.05) is 25.5 Å². The number of primary amides is 1. The highest BCUT2D eigenvalue weighted by Crippen LogP contribution is 2.35. The van der Waals surface area contributed by atoms with Crippen LogP contribution in [-0.4, -0.2) is 41.9 Å². The van der Waals surface area contributed by atoms with E-state index in [1.54, 1.807) is 19.5 Å². The van der Waals surface area contributed by atoms with Gasteiger partial charge in [0.1, 0.15) is 5.75 Å². The summed E-state index contributed by atoms with van der Waals surface area (Å²) >= 11 is 0. The van der Waals surface area contributed by atoms with Crippen LogP contribution in [-0.2, 0) is 22.4 Å². The Bertz CT molecular complexity index is 1090. The number of ether oxygens (including phenoxy) is 1. The number of hydrogen-bond donors (Lipinski definition) is 1. The van der Waals surface area contributed by atoms with Crippen LogP contribution in [0.2, 0.25) is 0 Å². The molecule has 0 saturated carbocycles. The monoisotopic (exact) mass is 443 g/mol. The molecule has 0 unspecified atom stereocenters. The molecule has 170 valence electrons. The highest BCUT2D eigenvalue weighted by Gasteiger charge is 2.40. The van der Waals surface area contributed by atoms with Gasteiger partial charge in [-0.15, -0.1) is 0 Å². The standard InChI is InChI=1S/C27H29N3O3/c1-33-24-8-4-20(5-9-24)18-25(31)30-16-12-27(13-17-30,26(28)32)19-21-2-6-22(7-3-21)23-10-14-29-15-11-23/h2-11,14-15H,12-13,16-19H2,1H3,(H2,28,32). The lowest BCUT2D eigenvalue weighted by Crippen LogP contribution is -2.50. The summed E-state index contributed by atoms with van der Waals surface area (Å²) < 4.78 is 5.17. The first-order valence-electron chi connectivity index (χ1n) is 11.2. The first-order valence-corrected chi connectivity index (χ1v) is 11.2. The Morgan fingerprint density at radius 2 is 1.48 bits per heavy atom. The molecule has 1 aliphatic rings. The minimum atomic E-state index is -0.630. The number of amides is 2. The average Bonchev–Trinajstić information content (AvgIpc) is 2.86. The summed E-state index contributed by atoms with van der Waals surface area (Å²) in [6.45, 7) is 1.07. The second-order valence-electron chi connectivity index (χ2n) is 8.66. The highest BCUT2D eigenvalue weighted by molar-refractivity contribution is 5.83. The van der Waals surface area contributed by atoms with Crippen LogP contribution in [0.1, 0.15) is 24.0 Å². The zero-order valence-corrected chi connectivity index (χ0v) is 18.9. The number of hydrogen-bond acceptors (Lipinski definition) is 4. The van der Waals surface area contributed by atoms with Gasteiger partial charge in [-0.05, 0) is 65.8 Å². The van der Waals surface area contributed by atoms with E-state index in [0.29, 0.717) is 38.8 Å². The van der Waals surface area contributed by atoms with Gasteiger partial charge in [-0.25, -0.2) is 0 Å². The van der Waals surface area contributed by atoms with E-state index in [1.165, 1.54) is 0 Å². The van der Waals surface area contributed by atoms with Gasteiger partial charge >= 0.3 is 0 Å². The molecule has 0 spiro atoms. The molecule has 2 aromatic carbocycles. The van der Waals surface area contributed by atoms with Crippen LogP contribution in [0.15, 0.2) is 73.1 Å². The summed E-state index contributed by atoms with van der Waals surface area (Å²) in [5.41, 5.74) is 9.48. The summed E-state index contributed by atoms with van der Waals surface area (Å²) in [7, 11) is 1.62. The van der Waals surface area contributed by atoms with Gasteiger partial charge in [0.25, 0.3) is 0 Å². The number of rotatable bonds is 7. The molecule has 6 nitrogen and oxygen atoms in total. The van der Waals surface area contributed by atoms with Crippen LogP contribution in [0.5, 0.6) is 5.75 Å². The second kappa shape index (κ2) is 9.86. The SMILES string of the molecule is COc1ccc(CC(=O)N2CCC(Cc3ccc(-c4ccncc4)cc3)(C(N)=O)CC2)cc1. The number of nitrogens with two attached hydrogens (primary N) is 1. The van der Waals surface area contributed by atoms with Crippen LogP contribution in [0.3, 0.4) is 0 Å². The molecule has 0 bridgehead atoms. The maximum absolute atomic E-state index is 12.8. The molecular formula is C27H29N3O3. The van der Waals surface area contributed by atoms with Crippen molar-refractivity contribution in [2.45, 2.75) is 25.7 Å². The number of piperidine rings is 1. The van der Waals surface area contributed by atoms with Crippen molar-refractivity contribution in [1.29, 1.82) is 0 Å². The molecular weight excluding hydrogens is 414 g/mol. The van der Waals surface area contributed by atoms with Crippen molar-refractivity contribution in [2.24, 2.45) is 11.1 Å². The van der Waals surface area contributed by atoms with E-state index >= 15 is 0 Å². The van der Waals surface area contributed by atoms with E-state index in [-0.39, 0.29) is 11.8 Å². The molecule has 0 radical (unpaired) electrons. The molecule has 33 heavy (non-hydrogen) atoms. The number of pyridine rings is 1. The smallest absolute Gasteiger partial charge is 0.226 e. The number of nitrogens with zero attached hydrogens (tertiary/aromatic N) is 2. The number of methoxy groups -OCH3 is 1. The number of aromatic nitrogens is 1. The fourth-order valence-corrected chi connectivity index (χ4v) is 4.47. The molecule has 1 aliphatic heterocycles. The minimum absolute atomic E-state index is 0.0694. The van der Waals surface area contributed by atoms with E-state index in [2.05, 4.69) is 29.2 Å². The quantitative estimate of drug-likeness (QED) is 0.604. The van der Waals surface area contributed by atoms with Gasteiger partial charge in [-0.2, -0.15) is 0 Å². The molecule has 1 aromatic heterocycles. The van der Waals surface area contributed by atoms with Crippen molar-refractivity contribution in [2.75, 3.05) is 20.2 Å². The Labute approximate surface area is 194 Å². The zero-order chi connectivity index (χ0) is 23.3. The third-order valence-corrected chi connectivity index (χ3v) is 6.62. The summed E-state index contributed by atoms with van der Waals surface area (Å²) in [6, 6.07) is 19.7. The highest BCUT2D eigenvalue weighted by atomic mass is 16.5. The normalized spacial score (nSPS) is 15.1. The van der Waals surface area contributed by atoms with Crippen LogP contribution in [0.4, 0.5) is 0 Å². The Morgan fingerprint density at radius 3 is 2.06 bits per heavy atom. The fourth-order valence-electron chi connectivity index (χ4n) is 4.47. The van der Waals surface area contributed by atoms with Crippen LogP contribution < -0.4 is 10.5 Å². The number of likely N-dealkylation sites (tertiary alicyclic amines) is 1. The van der Waals surface area contributed by atoms with E-state index in [4.69, 9.17) is 10.5 Å². The summed E-state index contributed by atoms with van der Waals surface area (Å²) in [5, 5.41) is 0. The lowest BCUT2D eigenvalue weighted by Gasteiger charge is -2.40. The zero-order valence-electron chi connectivity index (χ0n) is 18.9. The Morgan fingerprint density at radius 1 is 0.909 bits per heavy atom. The van der Waals surface area contributed by atoms with Crippen molar-refractivity contribution in [3.63, 3.8) is 0 Å². The average molecular weight is 444 g/mol. The van der Waals surface area contributed by atoms with Gasteiger partial charge in [-0.1, -0.05) is 36.4 Å². The summed E-state index contributed by atoms with van der Waals surface area (Å²) in [5.74, 6) is 0.548. The third-order valence-electron chi connectivity index (χ3n) is 6.62. The predicted molar refractivity (Wildman–Crippen MR) is 128 cm³/mol. The third kappa shape index (κ3) is 5.22. The molecule has 6 heteroatoms. The topological polar surface area (TPSA) is 85.5 Å². The predicted octanol–water partition coefficient (Wildman–Crippen LogP) is 3.64. The molecule has 2 N–H and O–H groups in total. The maximum Gasteiger partial charge on any atom is 0.226 e. The first-order chi connectivity index (χ1) is 16.0. The van der Waals surface area contributed by atoms with Crippen LogP contribution in [0.25, 0.3) is 11.1 Å². The minimum Gasteiger partial charge on any atom is -0.497 e. The van der Waals surface area contributed by atoms with E-state index in [0.717, 1.165) is 28.0 Å². The van der Waals surface area contributed by atoms with Gasteiger partial charge in [-0.3, -0.25) is 14.6 Å². The van der Waals surface area contributed by atoms with Crippen molar-refractivity contribution in [3.05, 3.63) is 84.2 Å². The summed E-state index contributed by atoms with van der Waals surface area (Å²) in [6.07, 6.45) is 5.61. The van der Waals surface area contributed by atoms with Crippen molar-refractivity contribution < 1.29 is 14.3 Å². The lowest BCUT2D eigenvalue weighted by atomic mass is 9.73. The van der Waals surface area contributed by atoms with E-state index in [1.807, 2.05) is 41.3 Å². The maximum atomic E-state index is 12.8. The molecule has 4 rings (SSSR count). The first kappa shape index (κ1) is 22.5. The number of carbonyl (C=O) groups excluding carboxylic acids is 2. The fraction of sp³-hybridized carbons (Fsp3) is 0.296. The summed E-state index contributed by atoms with van der Waals surface area (Å²) in [4.78, 5) is 31.2. The second-order valence-corrected chi connectivity index (χ2v) is 8.66. The molecule has 1 fully saturated rings. The lowest BCUT2D eigenvalue weighted by molar-refractivity contribution is -0.138. The van der Waals surface area contributed by atoms with Gasteiger partial charge in [0.05, 0.1) is 18.9 Å². The van der Waals surface area contributed by atoms with Crippen LogP contribution >= 0.6 is 0 Å². The molecule has 1 saturated heterocycles. The number of carbonyl (C=O) groups is 2. The molecule has 0 atom stereocenters. The van der Waals surface area contributed by atoms with Gasteiger partial charge < -0.3 is 15.4 Å². The van der Waals surface area contributed by atoms with Gasteiger partial charge in [0.15, 0.2) is 0 Å². The Balaban J connectivity index is 1.39. The van der Waals surface area contributed by atoms with E-state index in [9.17, 15) is 9.59 Å². The largest absolute Gasteiger partial charge is 0.497 e. The Hall–Kier alpha value is -3.67. The van der Waals surface area contributed by atoms with Crippen molar-refractivity contribution >= 4 is 11.8 Å². The molecule has 2 heterocycles. The molecule has 3 aromatic rings. The van der Waals surface area contributed by atoms with Crippen LogP contribution in [0, 0.1) is 5.41 Å².